The number of aliphatic hydroxyl groups excluding tert-OH is 1. The lowest BCUT2D eigenvalue weighted by molar-refractivity contribution is -0.257. The number of ether oxygens (including phenoxy) is 2. The van der Waals surface area contributed by atoms with Gasteiger partial charge in [-0.1, -0.05) is 6.42 Å². The summed E-state index contributed by atoms with van der Waals surface area (Å²) in [4.78, 5) is 2.32. The molecule has 4 nitrogen and oxygen atoms in total. The molecule has 0 amide bonds. The van der Waals surface area contributed by atoms with Gasteiger partial charge in [-0.05, 0) is 26.7 Å². The maximum absolute atomic E-state index is 8.76. The van der Waals surface area contributed by atoms with Crippen molar-refractivity contribution in [3.05, 3.63) is 0 Å². The Kier molecular flexibility index (Phi) is 3.85. The molecule has 2 atom stereocenters. The maximum Gasteiger partial charge on any atom is 0.230 e. The van der Waals surface area contributed by atoms with Gasteiger partial charge in [0.1, 0.15) is 0 Å². The summed E-state index contributed by atoms with van der Waals surface area (Å²) in [6.07, 6.45) is 4.43. The van der Waals surface area contributed by atoms with E-state index in [0.29, 0.717) is 0 Å². The molecule has 0 bridgehead atoms. The van der Waals surface area contributed by atoms with Crippen LogP contribution in [0.5, 0.6) is 0 Å². The molecule has 1 N–H and O–H groups in total. The summed E-state index contributed by atoms with van der Waals surface area (Å²) < 4.78 is 11.9. The first-order valence-corrected chi connectivity index (χ1v) is 6.38. The van der Waals surface area contributed by atoms with Crippen LogP contribution in [0.3, 0.4) is 0 Å². The van der Waals surface area contributed by atoms with E-state index in [1.165, 1.54) is 0 Å². The van der Waals surface area contributed by atoms with Gasteiger partial charge < -0.3 is 14.6 Å². The van der Waals surface area contributed by atoms with Crippen molar-refractivity contribution in [2.24, 2.45) is 0 Å². The minimum Gasteiger partial charge on any atom is -0.396 e. The lowest BCUT2D eigenvalue weighted by atomic mass is 10.1. The SMILES string of the molecule is CC1CN2CC(C)OC2(CCCCCO)O1. The fraction of sp³-hybridized carbons (Fsp3) is 1.00. The molecule has 0 radical (unpaired) electrons. The van der Waals surface area contributed by atoms with E-state index in [1.807, 2.05) is 0 Å². The van der Waals surface area contributed by atoms with E-state index >= 15 is 0 Å². The third-order valence-corrected chi connectivity index (χ3v) is 3.36. The Bertz CT molecular complexity index is 220. The van der Waals surface area contributed by atoms with Crippen LogP contribution >= 0.6 is 0 Å². The minimum atomic E-state index is -0.450. The van der Waals surface area contributed by atoms with Crippen molar-refractivity contribution in [3.8, 4) is 0 Å². The number of unbranched alkanes of at least 4 members (excludes halogenated alkanes) is 2. The molecule has 0 aromatic rings. The third-order valence-electron chi connectivity index (χ3n) is 3.36. The van der Waals surface area contributed by atoms with Crippen molar-refractivity contribution in [2.45, 2.75) is 57.6 Å². The van der Waals surface area contributed by atoms with E-state index in [4.69, 9.17) is 14.6 Å². The summed E-state index contributed by atoms with van der Waals surface area (Å²) in [5, 5.41) is 8.76. The predicted octanol–water partition coefficient (Wildman–Crippen LogP) is 1.33. The van der Waals surface area contributed by atoms with Crippen molar-refractivity contribution in [1.29, 1.82) is 0 Å². The van der Waals surface area contributed by atoms with Crippen LogP contribution < -0.4 is 0 Å². The number of hydrogen-bond acceptors (Lipinski definition) is 4. The summed E-state index contributed by atoms with van der Waals surface area (Å²) in [7, 11) is 0. The smallest absolute Gasteiger partial charge is 0.230 e. The fourth-order valence-electron chi connectivity index (χ4n) is 2.77. The van der Waals surface area contributed by atoms with Gasteiger partial charge in [-0.2, -0.15) is 0 Å². The molecule has 2 saturated heterocycles. The molecule has 2 unspecified atom stereocenters. The lowest BCUT2D eigenvalue weighted by Gasteiger charge is -2.29. The highest BCUT2D eigenvalue weighted by atomic mass is 16.7. The monoisotopic (exact) mass is 229 g/mol. The average molecular weight is 229 g/mol. The van der Waals surface area contributed by atoms with Gasteiger partial charge in [0.15, 0.2) is 0 Å². The van der Waals surface area contributed by atoms with Crippen LogP contribution in [-0.4, -0.2) is 47.8 Å². The highest BCUT2D eigenvalue weighted by molar-refractivity contribution is 4.89. The fourth-order valence-corrected chi connectivity index (χ4v) is 2.77. The molecule has 0 aliphatic carbocycles. The van der Waals surface area contributed by atoms with Crippen molar-refractivity contribution in [3.63, 3.8) is 0 Å². The molecule has 2 heterocycles. The summed E-state index contributed by atoms with van der Waals surface area (Å²) in [6.45, 7) is 6.43. The number of nitrogens with zero attached hydrogens (tertiary/aromatic N) is 1. The van der Waals surface area contributed by atoms with Gasteiger partial charge >= 0.3 is 0 Å². The first kappa shape index (κ1) is 12.3. The van der Waals surface area contributed by atoms with E-state index in [2.05, 4.69) is 18.7 Å². The molecule has 94 valence electrons. The second-order valence-corrected chi connectivity index (χ2v) is 5.01. The zero-order valence-corrected chi connectivity index (χ0v) is 10.3. The molecule has 0 aromatic carbocycles. The lowest BCUT2D eigenvalue weighted by Crippen LogP contribution is -2.40. The maximum atomic E-state index is 8.76. The van der Waals surface area contributed by atoms with Crippen molar-refractivity contribution in [1.82, 2.24) is 4.90 Å². The average Bonchev–Trinajstić information content (AvgIpc) is 2.64. The van der Waals surface area contributed by atoms with E-state index in [1.54, 1.807) is 0 Å². The first-order valence-electron chi connectivity index (χ1n) is 6.38. The molecular formula is C12H23NO3. The van der Waals surface area contributed by atoms with E-state index in [9.17, 15) is 0 Å². The summed E-state index contributed by atoms with van der Waals surface area (Å²) in [5.41, 5.74) is 0. The molecular weight excluding hydrogens is 206 g/mol. The Hall–Kier alpha value is -0.160. The van der Waals surface area contributed by atoms with Crippen LogP contribution in [0.15, 0.2) is 0 Å². The van der Waals surface area contributed by atoms with Gasteiger partial charge in [0.25, 0.3) is 0 Å². The van der Waals surface area contributed by atoms with Gasteiger partial charge in [0, 0.05) is 26.1 Å². The van der Waals surface area contributed by atoms with Crippen molar-refractivity contribution in [2.75, 3.05) is 19.7 Å². The number of aliphatic hydroxyl groups is 1. The molecule has 0 spiro atoms. The highest BCUT2D eigenvalue weighted by Crippen LogP contribution is 2.39. The Morgan fingerprint density at radius 2 is 1.75 bits per heavy atom. The van der Waals surface area contributed by atoms with Crippen LogP contribution in [0.2, 0.25) is 0 Å². The Morgan fingerprint density at radius 3 is 2.31 bits per heavy atom. The highest BCUT2D eigenvalue weighted by Gasteiger charge is 2.51. The van der Waals surface area contributed by atoms with Gasteiger partial charge in [-0.3, -0.25) is 0 Å². The predicted molar refractivity (Wildman–Crippen MR) is 61.0 cm³/mol. The Labute approximate surface area is 97.5 Å². The van der Waals surface area contributed by atoms with Crippen LogP contribution in [0.25, 0.3) is 0 Å². The number of fused-ring (bicyclic) bond motifs is 1. The second-order valence-electron chi connectivity index (χ2n) is 5.01. The summed E-state index contributed by atoms with van der Waals surface area (Å²) >= 11 is 0. The Morgan fingerprint density at radius 1 is 1.12 bits per heavy atom. The summed E-state index contributed by atoms with van der Waals surface area (Å²) in [5.74, 6) is -0.450. The largest absolute Gasteiger partial charge is 0.396 e. The molecule has 2 aliphatic rings. The molecule has 4 heteroatoms. The molecule has 0 saturated carbocycles. The third kappa shape index (κ3) is 2.40. The van der Waals surface area contributed by atoms with Crippen LogP contribution in [0.4, 0.5) is 0 Å². The van der Waals surface area contributed by atoms with E-state index in [0.717, 1.165) is 38.8 Å². The zero-order valence-electron chi connectivity index (χ0n) is 10.3. The molecule has 2 aliphatic heterocycles. The van der Waals surface area contributed by atoms with Crippen molar-refractivity contribution >= 4 is 0 Å². The number of rotatable bonds is 5. The van der Waals surface area contributed by atoms with Gasteiger partial charge in [0.05, 0.1) is 12.2 Å². The van der Waals surface area contributed by atoms with Crippen LogP contribution in [0.1, 0.15) is 39.5 Å². The van der Waals surface area contributed by atoms with Crippen molar-refractivity contribution < 1.29 is 14.6 Å². The standard InChI is InChI=1S/C12H23NO3/c1-10-8-13-9-11(2)16-12(13,15-10)6-4-3-5-7-14/h10-11,14H,3-9H2,1-2H3. The zero-order chi connectivity index (χ0) is 11.6. The van der Waals surface area contributed by atoms with Crippen LogP contribution in [-0.2, 0) is 9.47 Å². The minimum absolute atomic E-state index is 0.269. The summed E-state index contributed by atoms with van der Waals surface area (Å²) in [6, 6.07) is 0. The molecule has 16 heavy (non-hydrogen) atoms. The van der Waals surface area contributed by atoms with Crippen LogP contribution in [0, 0.1) is 0 Å². The molecule has 2 rings (SSSR count). The van der Waals surface area contributed by atoms with Gasteiger partial charge in [0.2, 0.25) is 5.91 Å². The number of hydrogen-bond donors (Lipinski definition) is 1. The molecule has 2 fully saturated rings. The van der Waals surface area contributed by atoms with Gasteiger partial charge in [-0.25, -0.2) is 4.90 Å². The topological polar surface area (TPSA) is 41.9 Å². The quantitative estimate of drug-likeness (QED) is 0.722. The molecule has 0 aromatic heterocycles. The first-order chi connectivity index (χ1) is 7.66. The Balaban J connectivity index is 1.87. The van der Waals surface area contributed by atoms with Gasteiger partial charge in [-0.15, -0.1) is 0 Å². The van der Waals surface area contributed by atoms with E-state index < -0.39 is 5.91 Å². The second kappa shape index (κ2) is 5.00. The van der Waals surface area contributed by atoms with E-state index in [-0.39, 0.29) is 18.8 Å². The normalized spacial score (nSPS) is 39.2.